The van der Waals surface area contributed by atoms with Crippen LogP contribution in [0, 0.1) is 0 Å². The molecule has 0 atom stereocenters. The van der Waals surface area contributed by atoms with Gasteiger partial charge in [0.2, 0.25) is 5.91 Å². The lowest BCUT2D eigenvalue weighted by molar-refractivity contribution is -0.140. The normalized spacial score (nSPS) is 14.7. The van der Waals surface area contributed by atoms with Gasteiger partial charge in [0.25, 0.3) is 5.91 Å². The lowest BCUT2D eigenvalue weighted by atomic mass is 10.2. The van der Waals surface area contributed by atoms with E-state index in [0.29, 0.717) is 31.9 Å². The van der Waals surface area contributed by atoms with E-state index in [1.54, 1.807) is 15.9 Å². The number of esters is 1. The largest absolute Gasteiger partial charge is 0.451 e. The predicted octanol–water partition coefficient (Wildman–Crippen LogP) is 1.02. The summed E-state index contributed by atoms with van der Waals surface area (Å²) in [7, 11) is 0. The minimum Gasteiger partial charge on any atom is -0.451 e. The van der Waals surface area contributed by atoms with E-state index in [4.69, 9.17) is 4.74 Å². The van der Waals surface area contributed by atoms with Gasteiger partial charge in [-0.1, -0.05) is 18.2 Å². The molecule has 2 amide bonds. The smallest absolute Gasteiger partial charge is 0.355 e. The highest BCUT2D eigenvalue weighted by Gasteiger charge is 2.23. The summed E-state index contributed by atoms with van der Waals surface area (Å²) in [5.74, 6) is -0.795. The number of hydrogen-bond acceptors (Lipinski definition) is 4. The third-order valence-electron chi connectivity index (χ3n) is 4.15. The number of nitrogens with one attached hydrogen (secondary N) is 1. The Hall–Kier alpha value is -2.83. The highest BCUT2D eigenvalue weighted by atomic mass is 16.5. The van der Waals surface area contributed by atoms with Crippen LogP contribution in [-0.2, 0) is 14.3 Å². The summed E-state index contributed by atoms with van der Waals surface area (Å²) in [5, 5.41) is 0.913. The Bertz CT molecular complexity index is 742. The highest BCUT2D eigenvalue weighted by Crippen LogP contribution is 2.15. The van der Waals surface area contributed by atoms with Crippen molar-refractivity contribution < 1.29 is 19.1 Å². The van der Waals surface area contributed by atoms with Crippen molar-refractivity contribution in [2.45, 2.75) is 6.92 Å². The molecule has 1 aromatic heterocycles. The van der Waals surface area contributed by atoms with Crippen LogP contribution in [0.15, 0.2) is 30.3 Å². The van der Waals surface area contributed by atoms with Crippen molar-refractivity contribution in [2.75, 3.05) is 32.8 Å². The number of para-hydroxylation sites is 1. The number of fused-ring (bicyclic) bond motifs is 1. The van der Waals surface area contributed by atoms with Gasteiger partial charge in [-0.25, -0.2) is 4.79 Å². The number of ether oxygens (including phenoxy) is 1. The fourth-order valence-electron chi connectivity index (χ4n) is 2.75. The Morgan fingerprint density at radius 2 is 1.75 bits per heavy atom. The second-order valence-electron chi connectivity index (χ2n) is 5.73. The fraction of sp³-hybridized carbons (Fsp3) is 0.353. The Labute approximate surface area is 139 Å². The van der Waals surface area contributed by atoms with Gasteiger partial charge in [0.1, 0.15) is 5.69 Å². The molecular weight excluding hydrogens is 310 g/mol. The van der Waals surface area contributed by atoms with E-state index in [-0.39, 0.29) is 18.4 Å². The van der Waals surface area contributed by atoms with Crippen LogP contribution < -0.4 is 0 Å². The van der Waals surface area contributed by atoms with Crippen molar-refractivity contribution in [1.82, 2.24) is 14.8 Å². The van der Waals surface area contributed by atoms with Crippen LogP contribution in [-0.4, -0.2) is 65.4 Å². The molecule has 1 aromatic carbocycles. The van der Waals surface area contributed by atoms with Gasteiger partial charge in [-0.05, 0) is 12.1 Å². The Kier molecular flexibility index (Phi) is 4.50. The molecular formula is C17H19N3O4. The summed E-state index contributed by atoms with van der Waals surface area (Å²) in [6, 6.07) is 9.22. The van der Waals surface area contributed by atoms with Gasteiger partial charge in [-0.3, -0.25) is 9.59 Å². The van der Waals surface area contributed by atoms with Crippen LogP contribution in [0.2, 0.25) is 0 Å². The van der Waals surface area contributed by atoms with Crippen molar-refractivity contribution in [3.05, 3.63) is 36.0 Å². The average Bonchev–Trinajstić information content (AvgIpc) is 3.03. The number of aromatic nitrogens is 1. The molecule has 3 rings (SSSR count). The molecule has 0 spiro atoms. The zero-order valence-corrected chi connectivity index (χ0v) is 13.4. The summed E-state index contributed by atoms with van der Waals surface area (Å²) in [6.07, 6.45) is 0. The zero-order chi connectivity index (χ0) is 17.1. The second kappa shape index (κ2) is 6.74. The molecule has 1 saturated heterocycles. The number of nitrogens with zero attached hydrogens (tertiary/aromatic N) is 2. The van der Waals surface area contributed by atoms with Crippen molar-refractivity contribution >= 4 is 28.7 Å². The molecule has 2 aromatic rings. The lowest BCUT2D eigenvalue weighted by Gasteiger charge is -2.34. The van der Waals surface area contributed by atoms with Crippen LogP contribution in [0.1, 0.15) is 17.4 Å². The van der Waals surface area contributed by atoms with E-state index < -0.39 is 5.97 Å². The number of benzene rings is 1. The van der Waals surface area contributed by atoms with Crippen LogP contribution in [0.4, 0.5) is 0 Å². The molecule has 2 heterocycles. The van der Waals surface area contributed by atoms with Crippen molar-refractivity contribution in [2.24, 2.45) is 0 Å². The van der Waals surface area contributed by atoms with Gasteiger partial charge >= 0.3 is 5.97 Å². The van der Waals surface area contributed by atoms with Crippen LogP contribution in [0.5, 0.6) is 0 Å². The van der Waals surface area contributed by atoms with Gasteiger partial charge in [0.15, 0.2) is 6.61 Å². The van der Waals surface area contributed by atoms with Crippen LogP contribution in [0.3, 0.4) is 0 Å². The second-order valence-corrected chi connectivity index (χ2v) is 5.73. The van der Waals surface area contributed by atoms with Gasteiger partial charge in [-0.15, -0.1) is 0 Å². The maximum atomic E-state index is 12.1. The Morgan fingerprint density at radius 1 is 1.08 bits per heavy atom. The van der Waals surface area contributed by atoms with E-state index in [2.05, 4.69) is 4.98 Å². The van der Waals surface area contributed by atoms with Crippen LogP contribution in [0.25, 0.3) is 10.9 Å². The first-order valence-corrected chi connectivity index (χ1v) is 7.83. The highest BCUT2D eigenvalue weighted by molar-refractivity contribution is 5.95. The molecule has 24 heavy (non-hydrogen) atoms. The summed E-state index contributed by atoms with van der Waals surface area (Å²) in [6.45, 7) is 3.16. The summed E-state index contributed by atoms with van der Waals surface area (Å²) < 4.78 is 5.11. The van der Waals surface area contributed by atoms with Gasteiger partial charge in [-0.2, -0.15) is 0 Å². The minimum absolute atomic E-state index is 0.00679. The molecule has 126 valence electrons. The first kappa shape index (κ1) is 16.0. The molecule has 1 aliphatic heterocycles. The number of amides is 2. The topological polar surface area (TPSA) is 82.7 Å². The van der Waals surface area contributed by atoms with Gasteiger partial charge in [0, 0.05) is 44.0 Å². The van der Waals surface area contributed by atoms with Crippen molar-refractivity contribution in [3.8, 4) is 0 Å². The van der Waals surface area contributed by atoms with Gasteiger partial charge < -0.3 is 19.5 Å². The monoisotopic (exact) mass is 329 g/mol. The molecule has 0 aliphatic carbocycles. The summed E-state index contributed by atoms with van der Waals surface area (Å²) in [5.41, 5.74) is 1.17. The number of piperazine rings is 1. The third kappa shape index (κ3) is 3.40. The molecule has 0 saturated carbocycles. The number of hydrogen-bond donors (Lipinski definition) is 1. The molecule has 0 unspecified atom stereocenters. The molecule has 1 N–H and O–H groups in total. The van der Waals surface area contributed by atoms with E-state index in [0.717, 1.165) is 10.9 Å². The number of rotatable bonds is 3. The standard InChI is InChI=1S/C17H19N3O4/c1-12(21)19-6-8-20(9-7-19)16(22)11-24-17(23)15-10-13-4-2-3-5-14(13)18-15/h2-5,10,18H,6-9,11H2,1H3. The summed E-state index contributed by atoms with van der Waals surface area (Å²) in [4.78, 5) is 41.7. The number of aromatic amines is 1. The maximum Gasteiger partial charge on any atom is 0.355 e. The fourth-order valence-corrected chi connectivity index (χ4v) is 2.75. The molecule has 1 aliphatic rings. The Morgan fingerprint density at radius 3 is 2.42 bits per heavy atom. The predicted molar refractivity (Wildman–Crippen MR) is 87.4 cm³/mol. The first-order chi connectivity index (χ1) is 11.5. The quantitative estimate of drug-likeness (QED) is 0.852. The summed E-state index contributed by atoms with van der Waals surface area (Å²) >= 11 is 0. The van der Waals surface area contributed by atoms with E-state index in [1.165, 1.54) is 6.92 Å². The third-order valence-corrected chi connectivity index (χ3v) is 4.15. The van der Waals surface area contributed by atoms with Gasteiger partial charge in [0.05, 0.1) is 0 Å². The number of carbonyl (C=O) groups is 3. The van der Waals surface area contributed by atoms with E-state index in [1.807, 2.05) is 24.3 Å². The van der Waals surface area contributed by atoms with E-state index >= 15 is 0 Å². The average molecular weight is 329 g/mol. The van der Waals surface area contributed by atoms with Crippen LogP contribution >= 0.6 is 0 Å². The zero-order valence-electron chi connectivity index (χ0n) is 13.4. The first-order valence-electron chi connectivity index (χ1n) is 7.83. The Balaban J connectivity index is 1.52. The number of H-pyrrole nitrogens is 1. The molecule has 7 nitrogen and oxygen atoms in total. The maximum absolute atomic E-state index is 12.1. The molecule has 1 fully saturated rings. The van der Waals surface area contributed by atoms with Crippen molar-refractivity contribution in [1.29, 1.82) is 0 Å². The SMILES string of the molecule is CC(=O)N1CCN(C(=O)COC(=O)c2cc3ccccc3[nH]2)CC1. The lowest BCUT2D eigenvalue weighted by Crippen LogP contribution is -2.51. The molecule has 7 heteroatoms. The number of carbonyl (C=O) groups excluding carboxylic acids is 3. The van der Waals surface area contributed by atoms with Crippen molar-refractivity contribution in [3.63, 3.8) is 0 Å². The molecule has 0 bridgehead atoms. The molecule has 0 radical (unpaired) electrons. The van der Waals surface area contributed by atoms with E-state index in [9.17, 15) is 14.4 Å². The minimum atomic E-state index is -0.554.